The third kappa shape index (κ3) is 2.37. The van der Waals surface area contributed by atoms with Gasteiger partial charge in [-0.15, -0.1) is 11.3 Å². The number of aryl methyl sites for hydroxylation is 1. The average Bonchev–Trinajstić information content (AvgIpc) is 2.95. The molecule has 0 atom stereocenters. The monoisotopic (exact) mass is 367 g/mol. The third-order valence-corrected chi connectivity index (χ3v) is 4.88. The summed E-state index contributed by atoms with van der Waals surface area (Å²) < 4.78 is 2.76. The minimum Gasteiger partial charge on any atom is -0.383 e. The first kappa shape index (κ1) is 13.7. The number of hydrogen-bond donors (Lipinski definition) is 1. The second-order valence-electron chi connectivity index (χ2n) is 4.35. The molecule has 20 heavy (non-hydrogen) atoms. The Morgan fingerprint density at radius 1 is 1.30 bits per heavy atom. The van der Waals surface area contributed by atoms with Crippen LogP contribution >= 0.6 is 38.9 Å². The fraction of sp³-hybridized carbons (Fsp3) is 0.0714. The number of benzene rings is 1. The molecule has 0 aliphatic rings. The maximum Gasteiger partial charge on any atom is 0.129 e. The topological polar surface area (TPSA) is 43.8 Å². The van der Waals surface area contributed by atoms with Gasteiger partial charge in [-0.1, -0.05) is 23.7 Å². The average molecular weight is 369 g/mol. The van der Waals surface area contributed by atoms with Gasteiger partial charge >= 0.3 is 0 Å². The van der Waals surface area contributed by atoms with Gasteiger partial charge in [0.05, 0.1) is 14.2 Å². The highest BCUT2D eigenvalue weighted by Gasteiger charge is 2.18. The Bertz CT molecular complexity index is 779. The molecule has 2 N–H and O–H groups in total. The number of anilines is 1. The summed E-state index contributed by atoms with van der Waals surface area (Å²) >= 11 is 11.2. The van der Waals surface area contributed by atoms with Crippen LogP contribution in [0.5, 0.6) is 0 Å². The number of halogens is 2. The molecule has 0 amide bonds. The lowest BCUT2D eigenvalue weighted by molar-refractivity contribution is 0.783. The SMILES string of the molecule is Cn1nc(-c2ccc(Br)s2)c(-c2cccc(Cl)c2)c1N. The Balaban J connectivity index is 2.24. The molecule has 1 aromatic carbocycles. The Morgan fingerprint density at radius 2 is 2.10 bits per heavy atom. The van der Waals surface area contributed by atoms with E-state index in [0.717, 1.165) is 25.5 Å². The molecule has 0 saturated heterocycles. The Morgan fingerprint density at radius 3 is 2.75 bits per heavy atom. The number of hydrogen-bond acceptors (Lipinski definition) is 3. The van der Waals surface area contributed by atoms with E-state index in [1.165, 1.54) is 0 Å². The van der Waals surface area contributed by atoms with Crippen molar-refractivity contribution < 1.29 is 0 Å². The minimum atomic E-state index is 0.631. The Labute approximate surface area is 134 Å². The first-order chi connectivity index (χ1) is 9.56. The van der Waals surface area contributed by atoms with Gasteiger partial charge in [0.2, 0.25) is 0 Å². The van der Waals surface area contributed by atoms with E-state index in [4.69, 9.17) is 17.3 Å². The lowest BCUT2D eigenvalue weighted by Crippen LogP contribution is -1.97. The second-order valence-corrected chi connectivity index (χ2v) is 7.25. The molecule has 0 spiro atoms. The van der Waals surface area contributed by atoms with E-state index < -0.39 is 0 Å². The summed E-state index contributed by atoms with van der Waals surface area (Å²) in [6.07, 6.45) is 0. The molecule has 102 valence electrons. The van der Waals surface area contributed by atoms with Gasteiger partial charge in [-0.3, -0.25) is 4.68 Å². The lowest BCUT2D eigenvalue weighted by atomic mass is 10.0. The van der Waals surface area contributed by atoms with Gasteiger partial charge in [-0.05, 0) is 45.8 Å². The number of aromatic nitrogens is 2. The number of thiophene rings is 1. The van der Waals surface area contributed by atoms with E-state index >= 15 is 0 Å². The number of rotatable bonds is 2. The molecule has 0 bridgehead atoms. The molecular weight excluding hydrogens is 358 g/mol. The maximum absolute atomic E-state index is 6.18. The van der Waals surface area contributed by atoms with Crippen molar-refractivity contribution in [3.8, 4) is 21.7 Å². The summed E-state index contributed by atoms with van der Waals surface area (Å²) in [6.45, 7) is 0. The summed E-state index contributed by atoms with van der Waals surface area (Å²) in [5, 5.41) is 5.22. The van der Waals surface area contributed by atoms with E-state index in [0.29, 0.717) is 10.8 Å². The highest BCUT2D eigenvalue weighted by Crippen LogP contribution is 2.40. The van der Waals surface area contributed by atoms with Crippen molar-refractivity contribution in [2.45, 2.75) is 0 Å². The van der Waals surface area contributed by atoms with Crippen LogP contribution in [0.2, 0.25) is 5.02 Å². The van der Waals surface area contributed by atoms with Crippen LogP contribution in [0.15, 0.2) is 40.2 Å². The van der Waals surface area contributed by atoms with Crippen molar-refractivity contribution in [1.82, 2.24) is 9.78 Å². The summed E-state index contributed by atoms with van der Waals surface area (Å²) in [5.41, 5.74) is 8.95. The Hall–Kier alpha value is -1.30. The predicted octanol–water partition coefficient (Wildman–Crippen LogP) is 4.81. The van der Waals surface area contributed by atoms with E-state index in [-0.39, 0.29) is 0 Å². The fourth-order valence-electron chi connectivity index (χ4n) is 2.08. The molecular formula is C14H11BrClN3S. The summed E-state index contributed by atoms with van der Waals surface area (Å²) in [5.74, 6) is 0.631. The van der Waals surface area contributed by atoms with Crippen molar-refractivity contribution in [2.75, 3.05) is 5.73 Å². The van der Waals surface area contributed by atoms with Gasteiger partial charge in [0.1, 0.15) is 11.5 Å². The molecule has 3 rings (SSSR count). The summed E-state index contributed by atoms with van der Waals surface area (Å²) in [4.78, 5) is 1.07. The zero-order chi connectivity index (χ0) is 14.3. The van der Waals surface area contributed by atoms with Crippen LogP contribution < -0.4 is 5.73 Å². The summed E-state index contributed by atoms with van der Waals surface area (Å²) in [6, 6.07) is 11.7. The van der Waals surface area contributed by atoms with E-state index in [2.05, 4.69) is 21.0 Å². The number of nitrogens with two attached hydrogens (primary N) is 1. The predicted molar refractivity (Wildman–Crippen MR) is 89.1 cm³/mol. The molecule has 2 aromatic heterocycles. The van der Waals surface area contributed by atoms with Crippen molar-refractivity contribution in [2.24, 2.45) is 7.05 Å². The van der Waals surface area contributed by atoms with Crippen molar-refractivity contribution in [1.29, 1.82) is 0 Å². The molecule has 3 nitrogen and oxygen atoms in total. The largest absolute Gasteiger partial charge is 0.383 e. The van der Waals surface area contributed by atoms with Crippen LogP contribution in [0, 0.1) is 0 Å². The smallest absolute Gasteiger partial charge is 0.129 e. The summed E-state index contributed by atoms with van der Waals surface area (Å²) in [7, 11) is 1.84. The third-order valence-electron chi connectivity index (χ3n) is 3.01. The molecule has 3 aromatic rings. The van der Waals surface area contributed by atoms with Crippen LogP contribution in [0.3, 0.4) is 0 Å². The highest BCUT2D eigenvalue weighted by atomic mass is 79.9. The number of nitrogen functional groups attached to an aromatic ring is 1. The van der Waals surface area contributed by atoms with Crippen LogP contribution in [0.4, 0.5) is 5.82 Å². The molecule has 0 radical (unpaired) electrons. The normalized spacial score (nSPS) is 10.9. The van der Waals surface area contributed by atoms with Gasteiger partial charge in [-0.25, -0.2) is 0 Å². The zero-order valence-corrected chi connectivity index (χ0v) is 13.8. The Kier molecular flexibility index (Phi) is 3.58. The van der Waals surface area contributed by atoms with Crippen LogP contribution in [-0.4, -0.2) is 9.78 Å². The van der Waals surface area contributed by atoms with Crippen molar-refractivity contribution in [3.05, 3.63) is 45.2 Å². The van der Waals surface area contributed by atoms with Gasteiger partial charge in [0, 0.05) is 12.1 Å². The van der Waals surface area contributed by atoms with Gasteiger partial charge in [0.15, 0.2) is 0 Å². The molecule has 0 unspecified atom stereocenters. The standard InChI is InChI=1S/C14H11BrClN3S/c1-19-14(17)12(8-3-2-4-9(16)7-8)13(18-19)10-5-6-11(15)20-10/h2-7H,17H2,1H3. The van der Waals surface area contributed by atoms with Gasteiger partial charge in [0.25, 0.3) is 0 Å². The van der Waals surface area contributed by atoms with E-state index in [9.17, 15) is 0 Å². The zero-order valence-electron chi connectivity index (χ0n) is 10.6. The second kappa shape index (κ2) is 5.24. The fourth-order valence-corrected chi connectivity index (χ4v) is 3.65. The first-order valence-corrected chi connectivity index (χ1v) is 7.89. The minimum absolute atomic E-state index is 0.631. The lowest BCUT2D eigenvalue weighted by Gasteiger charge is -2.03. The van der Waals surface area contributed by atoms with Crippen molar-refractivity contribution >= 4 is 44.7 Å². The molecule has 2 heterocycles. The molecule has 0 fully saturated rings. The van der Waals surface area contributed by atoms with E-state index in [1.54, 1.807) is 16.0 Å². The molecule has 0 saturated carbocycles. The van der Waals surface area contributed by atoms with Crippen LogP contribution in [-0.2, 0) is 7.05 Å². The highest BCUT2D eigenvalue weighted by molar-refractivity contribution is 9.11. The number of nitrogens with zero attached hydrogens (tertiary/aromatic N) is 2. The van der Waals surface area contributed by atoms with E-state index in [1.807, 2.05) is 43.4 Å². The molecule has 6 heteroatoms. The van der Waals surface area contributed by atoms with Gasteiger partial charge < -0.3 is 5.73 Å². The van der Waals surface area contributed by atoms with Gasteiger partial charge in [-0.2, -0.15) is 5.10 Å². The maximum atomic E-state index is 6.18. The van der Waals surface area contributed by atoms with Crippen LogP contribution in [0.1, 0.15) is 0 Å². The first-order valence-electron chi connectivity index (χ1n) is 5.90. The molecule has 0 aliphatic carbocycles. The quantitative estimate of drug-likeness (QED) is 0.705. The molecule has 0 aliphatic heterocycles. The van der Waals surface area contributed by atoms with Crippen LogP contribution in [0.25, 0.3) is 21.7 Å². The van der Waals surface area contributed by atoms with Crippen molar-refractivity contribution in [3.63, 3.8) is 0 Å².